The number of aryl methyl sites for hydroxylation is 1. The lowest BCUT2D eigenvalue weighted by Crippen LogP contribution is -2.09. The minimum absolute atomic E-state index is 0.122. The highest BCUT2D eigenvalue weighted by Gasteiger charge is 2.12. The van der Waals surface area contributed by atoms with Crippen LogP contribution >= 0.6 is 0 Å². The number of hydrogen-bond acceptors (Lipinski definition) is 8. The van der Waals surface area contributed by atoms with Crippen molar-refractivity contribution in [2.24, 2.45) is 0 Å². The predicted octanol–water partition coefficient (Wildman–Crippen LogP) is 6.05. The van der Waals surface area contributed by atoms with Gasteiger partial charge in [0.25, 0.3) is 5.56 Å². The summed E-state index contributed by atoms with van der Waals surface area (Å²) in [5.41, 5.74) is 3.27. The molecule has 10 heteroatoms. The molecule has 0 radical (unpaired) electrons. The molecule has 0 aliphatic rings. The number of benzene rings is 4. The van der Waals surface area contributed by atoms with E-state index in [0.29, 0.717) is 65.4 Å². The molecule has 0 atom stereocenters. The molecule has 46 heavy (non-hydrogen) atoms. The molecule has 4 aromatic carbocycles. The summed E-state index contributed by atoms with van der Waals surface area (Å²) in [6.45, 7) is 1.31. The van der Waals surface area contributed by atoms with Crippen LogP contribution < -0.4 is 20.5 Å². The van der Waals surface area contributed by atoms with Gasteiger partial charge in [0.2, 0.25) is 0 Å². The smallest absolute Gasteiger partial charge is 0.259 e. The number of aromatic nitrogens is 5. The van der Waals surface area contributed by atoms with Crippen molar-refractivity contribution in [1.29, 1.82) is 0 Å². The number of H-pyrrole nitrogens is 1. The second-order valence-electron chi connectivity index (χ2n) is 10.7. The second-order valence-corrected chi connectivity index (χ2v) is 10.7. The first kappa shape index (κ1) is 28.7. The van der Waals surface area contributed by atoms with Gasteiger partial charge in [-0.2, -0.15) is 0 Å². The van der Waals surface area contributed by atoms with Crippen molar-refractivity contribution in [3.63, 3.8) is 0 Å². The zero-order valence-electron chi connectivity index (χ0n) is 24.8. The van der Waals surface area contributed by atoms with Crippen molar-refractivity contribution in [1.82, 2.24) is 25.0 Å². The van der Waals surface area contributed by atoms with Gasteiger partial charge in [0.1, 0.15) is 23.9 Å². The van der Waals surface area contributed by atoms with Crippen LogP contribution in [-0.2, 0) is 13.0 Å². The Labute approximate surface area is 262 Å². The van der Waals surface area contributed by atoms with Crippen LogP contribution in [0, 0.1) is 0 Å². The van der Waals surface area contributed by atoms with Crippen LogP contribution in [0.2, 0.25) is 0 Å². The summed E-state index contributed by atoms with van der Waals surface area (Å²) in [5.74, 6) is 2.24. The van der Waals surface area contributed by atoms with Crippen LogP contribution in [0.25, 0.3) is 44.6 Å². The number of para-hydroxylation sites is 2. The third kappa shape index (κ3) is 6.27. The molecule has 1 N–H and O–H groups in total. The molecule has 0 bridgehead atoms. The van der Waals surface area contributed by atoms with Crippen LogP contribution in [0.5, 0.6) is 11.5 Å². The molecule has 10 nitrogen and oxygen atoms in total. The number of nitrogens with zero attached hydrogens (tertiary/aromatic N) is 4. The first-order valence-electron chi connectivity index (χ1n) is 15.0. The summed E-state index contributed by atoms with van der Waals surface area (Å²) in [5, 5.41) is 9.53. The summed E-state index contributed by atoms with van der Waals surface area (Å²) in [7, 11) is 0. The fraction of sp³-hybridized carbons (Fsp3) is 0.139. The number of hydrogen-bond donors (Lipinski definition) is 1. The first-order chi connectivity index (χ1) is 22.6. The van der Waals surface area contributed by atoms with Crippen molar-refractivity contribution >= 4 is 21.9 Å². The van der Waals surface area contributed by atoms with Crippen molar-refractivity contribution in [2.45, 2.75) is 19.4 Å². The molecular formula is C36H29N5O5. The van der Waals surface area contributed by atoms with Crippen LogP contribution in [-0.4, -0.2) is 38.2 Å². The molecule has 0 aliphatic carbocycles. The van der Waals surface area contributed by atoms with E-state index in [1.54, 1.807) is 28.9 Å². The van der Waals surface area contributed by atoms with Crippen LogP contribution in [0.4, 0.5) is 0 Å². The molecule has 0 unspecified atom stereocenters. The van der Waals surface area contributed by atoms with E-state index in [-0.39, 0.29) is 11.0 Å². The van der Waals surface area contributed by atoms with Crippen molar-refractivity contribution in [2.75, 3.05) is 13.2 Å². The quantitative estimate of drug-likeness (QED) is 0.175. The summed E-state index contributed by atoms with van der Waals surface area (Å²) in [6.07, 6.45) is 3.36. The lowest BCUT2D eigenvalue weighted by atomic mass is 10.1. The van der Waals surface area contributed by atoms with Crippen molar-refractivity contribution in [3.05, 3.63) is 136 Å². The molecule has 228 valence electrons. The molecule has 0 fully saturated rings. The third-order valence-corrected chi connectivity index (χ3v) is 7.53. The topological polar surface area (TPSA) is 125 Å². The van der Waals surface area contributed by atoms with Gasteiger partial charge < -0.3 is 18.9 Å². The van der Waals surface area contributed by atoms with Gasteiger partial charge in [0.15, 0.2) is 16.8 Å². The van der Waals surface area contributed by atoms with E-state index in [2.05, 4.69) is 20.3 Å². The Morgan fingerprint density at radius 3 is 2.46 bits per heavy atom. The highest BCUT2D eigenvalue weighted by Crippen LogP contribution is 2.28. The highest BCUT2D eigenvalue weighted by molar-refractivity contribution is 5.84. The SMILES string of the molecule is O=c1[nH]c(-c2ccc(OCCCc3cn(CCOc4cccc5c(=O)cc(-c6ccccc6)oc45)nn3)cc2)nc2ccccc12. The molecule has 3 aromatic heterocycles. The Balaban J connectivity index is 0.904. The fourth-order valence-corrected chi connectivity index (χ4v) is 5.20. The minimum atomic E-state index is -0.164. The molecule has 7 aromatic rings. The molecule has 0 saturated carbocycles. The molecular weight excluding hydrogens is 582 g/mol. The fourth-order valence-electron chi connectivity index (χ4n) is 5.20. The average molecular weight is 612 g/mol. The van der Waals surface area contributed by atoms with Gasteiger partial charge in [-0.15, -0.1) is 5.10 Å². The number of nitrogens with one attached hydrogen (secondary N) is 1. The Kier molecular flexibility index (Phi) is 8.06. The number of fused-ring (bicyclic) bond motifs is 2. The van der Waals surface area contributed by atoms with Gasteiger partial charge in [-0.05, 0) is 61.4 Å². The normalized spacial score (nSPS) is 11.2. The zero-order valence-corrected chi connectivity index (χ0v) is 24.8. The summed E-state index contributed by atoms with van der Waals surface area (Å²) in [4.78, 5) is 32.6. The molecule has 0 aliphatic heterocycles. The summed E-state index contributed by atoms with van der Waals surface area (Å²) in [6, 6.07) is 31.1. The molecule has 0 amide bonds. The third-order valence-electron chi connectivity index (χ3n) is 7.53. The molecule has 0 saturated heterocycles. The van der Waals surface area contributed by atoms with Crippen molar-refractivity contribution < 1.29 is 13.9 Å². The van der Waals surface area contributed by atoms with Gasteiger partial charge in [0, 0.05) is 23.4 Å². The maximum atomic E-state index is 12.8. The van der Waals surface area contributed by atoms with Crippen LogP contribution in [0.3, 0.4) is 0 Å². The van der Waals surface area contributed by atoms with Crippen LogP contribution in [0.1, 0.15) is 12.1 Å². The molecule has 3 heterocycles. The number of ether oxygens (including phenoxy) is 2. The van der Waals surface area contributed by atoms with Gasteiger partial charge in [-0.3, -0.25) is 9.59 Å². The largest absolute Gasteiger partial charge is 0.494 e. The highest BCUT2D eigenvalue weighted by atomic mass is 16.5. The van der Waals surface area contributed by atoms with Gasteiger partial charge in [0.05, 0.1) is 35.1 Å². The Morgan fingerprint density at radius 1 is 0.783 bits per heavy atom. The Morgan fingerprint density at radius 2 is 1.59 bits per heavy atom. The second kappa shape index (κ2) is 12.9. The standard InChI is InChI=1S/C36H29N5O5/c42-31-22-33(24-8-2-1-3-9-24)46-34-29(31)12-6-14-32(34)45-21-19-41-23-26(39-40-41)10-7-20-44-27-17-15-25(16-18-27)35-37-30-13-5-4-11-28(30)36(43)38-35/h1-6,8-9,11-18,22-23H,7,10,19-21H2,(H,37,38,43). The molecule has 0 spiro atoms. The first-order valence-corrected chi connectivity index (χ1v) is 15.0. The Bertz CT molecular complexity index is 2240. The maximum Gasteiger partial charge on any atom is 0.259 e. The van der Waals surface area contributed by atoms with E-state index in [1.807, 2.05) is 79.0 Å². The molecule has 7 rings (SSSR count). The van der Waals surface area contributed by atoms with E-state index in [0.717, 1.165) is 29.0 Å². The lowest BCUT2D eigenvalue weighted by Gasteiger charge is -2.09. The van der Waals surface area contributed by atoms with E-state index < -0.39 is 0 Å². The lowest BCUT2D eigenvalue weighted by molar-refractivity contribution is 0.289. The Hall–Kier alpha value is -6.03. The van der Waals surface area contributed by atoms with E-state index >= 15 is 0 Å². The van der Waals surface area contributed by atoms with Gasteiger partial charge in [-0.25, -0.2) is 9.67 Å². The summed E-state index contributed by atoms with van der Waals surface area (Å²) < 4.78 is 19.8. The zero-order chi connectivity index (χ0) is 31.3. The van der Waals surface area contributed by atoms with Crippen molar-refractivity contribution in [3.8, 4) is 34.2 Å². The van der Waals surface area contributed by atoms with Gasteiger partial charge in [-0.1, -0.05) is 53.7 Å². The maximum absolute atomic E-state index is 12.8. The van der Waals surface area contributed by atoms with E-state index in [9.17, 15) is 9.59 Å². The average Bonchev–Trinajstić information content (AvgIpc) is 3.55. The van der Waals surface area contributed by atoms with E-state index in [4.69, 9.17) is 13.9 Å². The number of aromatic amines is 1. The minimum Gasteiger partial charge on any atom is -0.494 e. The van der Waals surface area contributed by atoms with E-state index in [1.165, 1.54) is 6.07 Å². The van der Waals surface area contributed by atoms with Crippen LogP contribution in [0.15, 0.2) is 123 Å². The monoisotopic (exact) mass is 611 g/mol. The van der Waals surface area contributed by atoms with Gasteiger partial charge >= 0.3 is 0 Å². The predicted molar refractivity (Wildman–Crippen MR) is 175 cm³/mol. The number of rotatable bonds is 11. The summed E-state index contributed by atoms with van der Waals surface area (Å²) >= 11 is 0.